The Labute approximate surface area is 135 Å². The fraction of sp³-hybridized carbons (Fsp3) is 0.133. The lowest BCUT2D eigenvalue weighted by atomic mass is 10.0. The number of hydrogen-bond donors (Lipinski definition) is 1. The van der Waals surface area contributed by atoms with Crippen molar-refractivity contribution in [2.24, 2.45) is 0 Å². The van der Waals surface area contributed by atoms with Gasteiger partial charge in [0.05, 0.1) is 22.8 Å². The predicted molar refractivity (Wildman–Crippen MR) is 84.6 cm³/mol. The minimum Gasteiger partial charge on any atom is -0.493 e. The maximum absolute atomic E-state index is 14.0. The van der Waals surface area contributed by atoms with Crippen molar-refractivity contribution in [2.75, 3.05) is 12.3 Å². The summed E-state index contributed by atoms with van der Waals surface area (Å²) in [5, 5.41) is 0.243. The minimum atomic E-state index is -0.679. The number of halogens is 3. The molecule has 0 aromatic heterocycles. The molecule has 0 aliphatic heterocycles. The van der Waals surface area contributed by atoms with Crippen LogP contribution in [0, 0.1) is 5.82 Å². The summed E-state index contributed by atoms with van der Waals surface area (Å²) in [6.45, 7) is 2.15. The fourth-order valence-corrected chi connectivity index (χ4v) is 2.38. The zero-order chi connectivity index (χ0) is 15.6. The van der Waals surface area contributed by atoms with Gasteiger partial charge in [-0.2, -0.15) is 0 Å². The Bertz CT molecular complexity index is 706. The summed E-state index contributed by atoms with van der Waals surface area (Å²) in [5.41, 5.74) is 6.05. The largest absolute Gasteiger partial charge is 0.493 e. The van der Waals surface area contributed by atoms with E-state index in [2.05, 4.69) is 15.9 Å². The molecule has 0 saturated carbocycles. The van der Waals surface area contributed by atoms with E-state index in [-0.39, 0.29) is 21.8 Å². The normalized spacial score (nSPS) is 10.5. The van der Waals surface area contributed by atoms with E-state index < -0.39 is 11.6 Å². The zero-order valence-corrected chi connectivity index (χ0v) is 13.5. The molecule has 6 heteroatoms. The van der Waals surface area contributed by atoms with E-state index in [4.69, 9.17) is 22.1 Å². The standard InChI is InChI=1S/C15H12BrClFNO2/c1-2-21-13-5-3-4-12(19)14(13)15(20)8-6-10(17)9(16)7-11(8)18/h3-7H,2,19H2,1H3. The maximum atomic E-state index is 14.0. The van der Waals surface area contributed by atoms with E-state index in [0.717, 1.165) is 6.07 Å². The highest BCUT2D eigenvalue weighted by atomic mass is 79.9. The topological polar surface area (TPSA) is 52.3 Å². The van der Waals surface area contributed by atoms with Crippen molar-refractivity contribution in [1.29, 1.82) is 0 Å². The minimum absolute atomic E-state index is 0.136. The molecular formula is C15H12BrClFNO2. The van der Waals surface area contributed by atoms with E-state index in [1.165, 1.54) is 6.07 Å². The van der Waals surface area contributed by atoms with Gasteiger partial charge in [0.2, 0.25) is 5.78 Å². The lowest BCUT2D eigenvalue weighted by molar-refractivity contribution is 0.103. The highest BCUT2D eigenvalue weighted by molar-refractivity contribution is 9.10. The molecule has 0 unspecified atom stereocenters. The van der Waals surface area contributed by atoms with Gasteiger partial charge in [0.25, 0.3) is 0 Å². The van der Waals surface area contributed by atoms with Gasteiger partial charge in [-0.25, -0.2) is 4.39 Å². The van der Waals surface area contributed by atoms with Crippen LogP contribution < -0.4 is 10.5 Å². The van der Waals surface area contributed by atoms with Crippen molar-refractivity contribution in [3.8, 4) is 5.75 Å². The van der Waals surface area contributed by atoms with Crippen molar-refractivity contribution in [2.45, 2.75) is 6.92 Å². The molecule has 2 aromatic carbocycles. The molecule has 0 aliphatic carbocycles. The Balaban J connectivity index is 2.57. The smallest absolute Gasteiger partial charge is 0.201 e. The van der Waals surface area contributed by atoms with Crippen molar-refractivity contribution < 1.29 is 13.9 Å². The number of ether oxygens (including phenoxy) is 1. The molecule has 0 radical (unpaired) electrons. The van der Waals surface area contributed by atoms with E-state index in [1.807, 2.05) is 0 Å². The van der Waals surface area contributed by atoms with Gasteiger partial charge in [0.1, 0.15) is 11.6 Å². The van der Waals surface area contributed by atoms with Crippen LogP contribution in [0.1, 0.15) is 22.8 Å². The van der Waals surface area contributed by atoms with Crippen LogP contribution in [0.3, 0.4) is 0 Å². The molecule has 0 spiro atoms. The molecule has 2 aromatic rings. The number of carbonyl (C=O) groups excluding carboxylic acids is 1. The van der Waals surface area contributed by atoms with Crippen molar-refractivity contribution in [3.63, 3.8) is 0 Å². The van der Waals surface area contributed by atoms with E-state index in [1.54, 1.807) is 25.1 Å². The number of benzene rings is 2. The Hall–Kier alpha value is -1.59. The third kappa shape index (κ3) is 3.19. The van der Waals surface area contributed by atoms with Crippen LogP contribution in [-0.2, 0) is 0 Å². The molecule has 2 N–H and O–H groups in total. The van der Waals surface area contributed by atoms with Crippen LogP contribution in [-0.4, -0.2) is 12.4 Å². The molecule has 2 rings (SSSR count). The Morgan fingerprint density at radius 1 is 1.43 bits per heavy atom. The lowest BCUT2D eigenvalue weighted by Gasteiger charge is -2.12. The molecule has 0 saturated heterocycles. The summed E-state index contributed by atoms with van der Waals surface area (Å²) in [6.07, 6.45) is 0. The molecule has 0 aliphatic rings. The van der Waals surface area contributed by atoms with Crippen molar-refractivity contribution in [1.82, 2.24) is 0 Å². The summed E-state index contributed by atoms with van der Waals surface area (Å²) < 4.78 is 19.8. The van der Waals surface area contributed by atoms with Gasteiger partial charge in [-0.1, -0.05) is 17.7 Å². The summed E-state index contributed by atoms with van der Waals surface area (Å²) in [4.78, 5) is 12.6. The molecule has 0 amide bonds. The number of rotatable bonds is 4. The van der Waals surface area contributed by atoms with E-state index >= 15 is 0 Å². The second-order valence-corrected chi connectivity index (χ2v) is 5.49. The fourth-order valence-electron chi connectivity index (χ4n) is 1.90. The zero-order valence-electron chi connectivity index (χ0n) is 11.1. The lowest BCUT2D eigenvalue weighted by Crippen LogP contribution is -2.10. The van der Waals surface area contributed by atoms with Crippen LogP contribution in [0.4, 0.5) is 10.1 Å². The monoisotopic (exact) mass is 371 g/mol. The molecule has 0 fully saturated rings. The first-order chi connectivity index (χ1) is 9.95. The number of anilines is 1. The number of nitrogen functional groups attached to an aromatic ring is 1. The number of hydrogen-bond acceptors (Lipinski definition) is 3. The summed E-state index contributed by atoms with van der Waals surface area (Å²) >= 11 is 9.04. The van der Waals surface area contributed by atoms with Crippen LogP contribution in [0.15, 0.2) is 34.8 Å². The van der Waals surface area contributed by atoms with Gasteiger partial charge in [-0.05, 0) is 47.1 Å². The summed E-state index contributed by atoms with van der Waals surface area (Å²) in [5.74, 6) is -0.925. The summed E-state index contributed by atoms with van der Waals surface area (Å²) in [7, 11) is 0. The molecule has 0 atom stereocenters. The highest BCUT2D eigenvalue weighted by Gasteiger charge is 2.22. The second kappa shape index (κ2) is 6.45. The van der Waals surface area contributed by atoms with E-state index in [0.29, 0.717) is 16.8 Å². The Morgan fingerprint density at radius 2 is 2.14 bits per heavy atom. The first-order valence-electron chi connectivity index (χ1n) is 6.16. The molecule has 0 heterocycles. The third-order valence-electron chi connectivity index (χ3n) is 2.84. The van der Waals surface area contributed by atoms with Crippen molar-refractivity contribution >= 4 is 39.0 Å². The van der Waals surface area contributed by atoms with Gasteiger partial charge in [0, 0.05) is 10.2 Å². The first-order valence-corrected chi connectivity index (χ1v) is 7.33. The molecule has 110 valence electrons. The van der Waals surface area contributed by atoms with Crippen molar-refractivity contribution in [3.05, 3.63) is 56.8 Å². The molecule has 21 heavy (non-hydrogen) atoms. The van der Waals surface area contributed by atoms with Gasteiger partial charge < -0.3 is 10.5 Å². The number of nitrogens with two attached hydrogens (primary N) is 1. The quantitative estimate of drug-likeness (QED) is 0.490. The van der Waals surface area contributed by atoms with Crippen LogP contribution in [0.2, 0.25) is 5.02 Å². The third-order valence-corrected chi connectivity index (χ3v) is 4.04. The van der Waals surface area contributed by atoms with Gasteiger partial charge in [-0.3, -0.25) is 4.79 Å². The first kappa shape index (κ1) is 15.8. The molecule has 0 bridgehead atoms. The predicted octanol–water partition coefficient (Wildman–Crippen LogP) is 4.45. The van der Waals surface area contributed by atoms with Gasteiger partial charge in [0.15, 0.2) is 0 Å². The molecule has 3 nitrogen and oxygen atoms in total. The Kier molecular flexibility index (Phi) is 4.85. The Morgan fingerprint density at radius 3 is 2.81 bits per heavy atom. The maximum Gasteiger partial charge on any atom is 0.201 e. The van der Waals surface area contributed by atoms with Crippen LogP contribution >= 0.6 is 27.5 Å². The van der Waals surface area contributed by atoms with Gasteiger partial charge in [-0.15, -0.1) is 0 Å². The SMILES string of the molecule is CCOc1cccc(N)c1C(=O)c1cc(Cl)c(Br)cc1F. The highest BCUT2D eigenvalue weighted by Crippen LogP contribution is 2.31. The number of carbonyl (C=O) groups is 1. The van der Waals surface area contributed by atoms with Crippen LogP contribution in [0.5, 0.6) is 5.75 Å². The van der Waals surface area contributed by atoms with Crippen LogP contribution in [0.25, 0.3) is 0 Å². The second-order valence-electron chi connectivity index (χ2n) is 4.23. The van der Waals surface area contributed by atoms with E-state index in [9.17, 15) is 9.18 Å². The summed E-state index contributed by atoms with van der Waals surface area (Å²) in [6, 6.07) is 7.27. The molecular weight excluding hydrogens is 361 g/mol. The average molecular weight is 373 g/mol. The number of ketones is 1. The average Bonchev–Trinajstić information content (AvgIpc) is 2.43. The van der Waals surface area contributed by atoms with Gasteiger partial charge >= 0.3 is 0 Å².